The molecule has 0 atom stereocenters. The summed E-state index contributed by atoms with van der Waals surface area (Å²) in [6, 6.07) is 12.7. The SMILES string of the molecule is COC(=O)c1ccc(Cl)c(NCc2cccc(OC)c2)c1. The van der Waals surface area contributed by atoms with Crippen LogP contribution in [-0.4, -0.2) is 20.2 Å². The maximum atomic E-state index is 11.5. The van der Waals surface area contributed by atoms with E-state index in [-0.39, 0.29) is 0 Å². The summed E-state index contributed by atoms with van der Waals surface area (Å²) in [6.07, 6.45) is 0. The van der Waals surface area contributed by atoms with E-state index in [0.717, 1.165) is 11.3 Å². The number of benzene rings is 2. The Morgan fingerprint density at radius 1 is 1.19 bits per heavy atom. The molecule has 0 radical (unpaired) electrons. The lowest BCUT2D eigenvalue weighted by Gasteiger charge is -2.10. The van der Waals surface area contributed by atoms with Crippen molar-refractivity contribution >= 4 is 23.3 Å². The number of hydrogen-bond donors (Lipinski definition) is 1. The zero-order valence-corrected chi connectivity index (χ0v) is 12.6. The number of esters is 1. The molecule has 110 valence electrons. The second-order valence-corrected chi connectivity index (χ2v) is 4.80. The zero-order valence-electron chi connectivity index (χ0n) is 11.9. The van der Waals surface area contributed by atoms with Crippen molar-refractivity contribution < 1.29 is 14.3 Å². The molecule has 0 spiro atoms. The van der Waals surface area contributed by atoms with Crippen LogP contribution in [0.2, 0.25) is 5.02 Å². The van der Waals surface area contributed by atoms with Crippen molar-refractivity contribution in [2.24, 2.45) is 0 Å². The molecule has 0 heterocycles. The molecule has 0 aliphatic heterocycles. The summed E-state index contributed by atoms with van der Waals surface area (Å²) in [5.74, 6) is 0.403. The van der Waals surface area contributed by atoms with Crippen LogP contribution >= 0.6 is 11.6 Å². The standard InChI is InChI=1S/C16H16ClNO3/c1-20-13-5-3-4-11(8-13)10-18-15-9-12(16(19)21-2)6-7-14(15)17/h3-9,18H,10H2,1-2H3. The average molecular weight is 306 g/mol. The largest absolute Gasteiger partial charge is 0.497 e. The van der Waals surface area contributed by atoms with Crippen LogP contribution in [0.1, 0.15) is 15.9 Å². The highest BCUT2D eigenvalue weighted by Crippen LogP contribution is 2.24. The monoisotopic (exact) mass is 305 g/mol. The fourth-order valence-electron chi connectivity index (χ4n) is 1.89. The molecule has 0 saturated heterocycles. The summed E-state index contributed by atoms with van der Waals surface area (Å²) in [6.45, 7) is 0.571. The van der Waals surface area contributed by atoms with Crippen molar-refractivity contribution in [3.63, 3.8) is 0 Å². The molecule has 0 aromatic heterocycles. The summed E-state index contributed by atoms with van der Waals surface area (Å²) in [7, 11) is 2.98. The third-order valence-electron chi connectivity index (χ3n) is 3.00. The van der Waals surface area contributed by atoms with Crippen molar-refractivity contribution in [2.45, 2.75) is 6.54 Å². The minimum Gasteiger partial charge on any atom is -0.497 e. The van der Waals surface area contributed by atoms with Gasteiger partial charge < -0.3 is 14.8 Å². The van der Waals surface area contributed by atoms with Crippen LogP contribution in [0.15, 0.2) is 42.5 Å². The van der Waals surface area contributed by atoms with E-state index in [2.05, 4.69) is 5.32 Å². The van der Waals surface area contributed by atoms with E-state index in [1.165, 1.54) is 7.11 Å². The Morgan fingerprint density at radius 2 is 2.00 bits per heavy atom. The number of rotatable bonds is 5. The van der Waals surface area contributed by atoms with Gasteiger partial charge in [0.15, 0.2) is 0 Å². The molecule has 0 aliphatic rings. The summed E-state index contributed by atoms with van der Waals surface area (Å²) >= 11 is 6.13. The molecule has 1 N–H and O–H groups in total. The number of halogens is 1. The second kappa shape index (κ2) is 6.99. The van der Waals surface area contributed by atoms with Crippen LogP contribution in [0, 0.1) is 0 Å². The van der Waals surface area contributed by atoms with Gasteiger partial charge in [-0.2, -0.15) is 0 Å². The fourth-order valence-corrected chi connectivity index (χ4v) is 2.07. The number of ether oxygens (including phenoxy) is 2. The van der Waals surface area contributed by atoms with E-state index in [9.17, 15) is 4.79 Å². The molecule has 21 heavy (non-hydrogen) atoms. The lowest BCUT2D eigenvalue weighted by molar-refractivity contribution is 0.0601. The highest BCUT2D eigenvalue weighted by molar-refractivity contribution is 6.33. The van der Waals surface area contributed by atoms with Gasteiger partial charge >= 0.3 is 5.97 Å². The lowest BCUT2D eigenvalue weighted by atomic mass is 10.1. The molecule has 2 aromatic carbocycles. The molecule has 0 amide bonds. The Kier molecular flexibility index (Phi) is 5.06. The number of carbonyl (C=O) groups is 1. The Hall–Kier alpha value is -2.20. The number of hydrogen-bond acceptors (Lipinski definition) is 4. The molecule has 0 fully saturated rings. The molecular weight excluding hydrogens is 290 g/mol. The van der Waals surface area contributed by atoms with E-state index in [4.69, 9.17) is 21.1 Å². The third kappa shape index (κ3) is 3.89. The van der Waals surface area contributed by atoms with Gasteiger partial charge in [0.05, 0.1) is 30.5 Å². The van der Waals surface area contributed by atoms with Crippen molar-refractivity contribution in [1.29, 1.82) is 0 Å². The number of carbonyl (C=O) groups excluding carboxylic acids is 1. The van der Waals surface area contributed by atoms with Gasteiger partial charge in [-0.15, -0.1) is 0 Å². The molecule has 5 heteroatoms. The maximum absolute atomic E-state index is 11.5. The first kappa shape index (κ1) is 15.2. The van der Waals surface area contributed by atoms with E-state index >= 15 is 0 Å². The molecule has 4 nitrogen and oxygen atoms in total. The van der Waals surface area contributed by atoms with E-state index in [0.29, 0.717) is 22.8 Å². The number of anilines is 1. The van der Waals surface area contributed by atoms with Crippen LogP contribution in [0.5, 0.6) is 5.75 Å². The zero-order chi connectivity index (χ0) is 15.2. The molecule has 2 rings (SSSR count). The summed E-state index contributed by atoms with van der Waals surface area (Å²) in [5, 5.41) is 3.75. The quantitative estimate of drug-likeness (QED) is 0.855. The van der Waals surface area contributed by atoms with Crippen LogP contribution in [0.25, 0.3) is 0 Å². The van der Waals surface area contributed by atoms with Crippen LogP contribution in [0.3, 0.4) is 0 Å². The van der Waals surface area contributed by atoms with Crippen molar-refractivity contribution in [1.82, 2.24) is 0 Å². The van der Waals surface area contributed by atoms with Gasteiger partial charge in [-0.3, -0.25) is 0 Å². The Balaban J connectivity index is 2.13. The topological polar surface area (TPSA) is 47.6 Å². The first-order valence-electron chi connectivity index (χ1n) is 6.38. The van der Waals surface area contributed by atoms with E-state index in [1.807, 2.05) is 24.3 Å². The molecule has 0 aliphatic carbocycles. The van der Waals surface area contributed by atoms with Gasteiger partial charge in [0.2, 0.25) is 0 Å². The van der Waals surface area contributed by atoms with Gasteiger partial charge in [-0.1, -0.05) is 23.7 Å². The normalized spacial score (nSPS) is 10.0. The van der Waals surface area contributed by atoms with Crippen LogP contribution < -0.4 is 10.1 Å². The van der Waals surface area contributed by atoms with Crippen molar-refractivity contribution in [3.8, 4) is 5.75 Å². The Morgan fingerprint density at radius 3 is 2.71 bits per heavy atom. The smallest absolute Gasteiger partial charge is 0.337 e. The second-order valence-electron chi connectivity index (χ2n) is 4.39. The minimum atomic E-state index is -0.393. The maximum Gasteiger partial charge on any atom is 0.337 e. The van der Waals surface area contributed by atoms with Crippen molar-refractivity contribution in [2.75, 3.05) is 19.5 Å². The summed E-state index contributed by atoms with van der Waals surface area (Å²) in [5.41, 5.74) is 2.19. The minimum absolute atomic E-state index is 0.393. The van der Waals surface area contributed by atoms with Gasteiger partial charge in [0.1, 0.15) is 5.75 Å². The summed E-state index contributed by atoms with van der Waals surface area (Å²) < 4.78 is 9.88. The predicted molar refractivity (Wildman–Crippen MR) is 83.1 cm³/mol. The van der Waals surface area contributed by atoms with Crippen LogP contribution in [-0.2, 0) is 11.3 Å². The Labute approximate surface area is 128 Å². The first-order chi connectivity index (χ1) is 10.1. The molecule has 0 unspecified atom stereocenters. The van der Waals surface area contributed by atoms with Gasteiger partial charge in [-0.25, -0.2) is 4.79 Å². The van der Waals surface area contributed by atoms with Gasteiger partial charge in [-0.05, 0) is 35.9 Å². The Bertz CT molecular complexity index is 643. The highest BCUT2D eigenvalue weighted by Gasteiger charge is 2.08. The van der Waals surface area contributed by atoms with Crippen LogP contribution in [0.4, 0.5) is 5.69 Å². The number of nitrogens with one attached hydrogen (secondary N) is 1. The van der Waals surface area contributed by atoms with Gasteiger partial charge in [0, 0.05) is 6.54 Å². The van der Waals surface area contributed by atoms with E-state index in [1.54, 1.807) is 25.3 Å². The molecule has 0 saturated carbocycles. The third-order valence-corrected chi connectivity index (χ3v) is 3.33. The first-order valence-corrected chi connectivity index (χ1v) is 6.76. The molecular formula is C16H16ClNO3. The average Bonchev–Trinajstić information content (AvgIpc) is 2.53. The fraction of sp³-hybridized carbons (Fsp3) is 0.188. The van der Waals surface area contributed by atoms with E-state index < -0.39 is 5.97 Å². The highest BCUT2D eigenvalue weighted by atomic mass is 35.5. The van der Waals surface area contributed by atoms with Gasteiger partial charge in [0.25, 0.3) is 0 Å². The molecule has 2 aromatic rings. The summed E-state index contributed by atoms with van der Waals surface area (Å²) in [4.78, 5) is 11.5. The predicted octanol–water partition coefficient (Wildman–Crippen LogP) is 3.75. The lowest BCUT2D eigenvalue weighted by Crippen LogP contribution is -2.04. The number of methoxy groups -OCH3 is 2. The van der Waals surface area contributed by atoms with Crippen molar-refractivity contribution in [3.05, 3.63) is 58.6 Å². The molecule has 0 bridgehead atoms.